The number of fused-ring (bicyclic) bond motifs is 1. The van der Waals surface area contributed by atoms with Gasteiger partial charge in [0.05, 0.1) is 11.3 Å². The summed E-state index contributed by atoms with van der Waals surface area (Å²) in [7, 11) is 1.77. The minimum Gasteiger partial charge on any atom is -0.454 e. The Balaban J connectivity index is 1.91. The van der Waals surface area contributed by atoms with Crippen molar-refractivity contribution in [3.05, 3.63) is 71.0 Å². The quantitative estimate of drug-likeness (QED) is 0.672. The van der Waals surface area contributed by atoms with Gasteiger partial charge >= 0.3 is 0 Å². The van der Waals surface area contributed by atoms with E-state index >= 15 is 0 Å². The van der Waals surface area contributed by atoms with E-state index in [4.69, 9.17) is 4.74 Å². The van der Waals surface area contributed by atoms with E-state index in [0.29, 0.717) is 29.9 Å². The minimum atomic E-state index is 0.0620. The fraction of sp³-hybridized carbons (Fsp3) is 0.217. The number of amides is 1. The fourth-order valence-electron chi connectivity index (χ4n) is 3.80. The lowest BCUT2D eigenvalue weighted by molar-refractivity contribution is -0.118. The van der Waals surface area contributed by atoms with Crippen molar-refractivity contribution in [3.63, 3.8) is 0 Å². The second-order valence-corrected chi connectivity index (χ2v) is 7.07. The van der Waals surface area contributed by atoms with E-state index in [0.717, 1.165) is 28.3 Å². The maximum Gasteiger partial charge on any atom is 0.227 e. The Morgan fingerprint density at radius 1 is 1.00 bits per heavy atom. The Hall–Kier alpha value is -3.52. The molecule has 0 spiro atoms. The van der Waals surface area contributed by atoms with Crippen LogP contribution in [0.3, 0.4) is 0 Å². The summed E-state index contributed by atoms with van der Waals surface area (Å²) in [6, 6.07) is 17.5. The first-order chi connectivity index (χ1) is 13.5. The number of carbonyl (C=O) groups excluding carboxylic acids is 1. The Morgan fingerprint density at radius 2 is 1.71 bits per heavy atom. The summed E-state index contributed by atoms with van der Waals surface area (Å²) < 4.78 is 8.37. The SMILES string of the molecule is Cc1ccc(C)n1-c1cc2c(c(Oc3ccccc3C#N)c1)N(C)C(=O)CC2. The summed E-state index contributed by atoms with van der Waals surface area (Å²) in [5, 5.41) is 9.41. The van der Waals surface area contributed by atoms with Gasteiger partial charge in [-0.05, 0) is 56.2 Å². The van der Waals surface area contributed by atoms with Crippen LogP contribution in [-0.4, -0.2) is 17.5 Å². The zero-order chi connectivity index (χ0) is 19.8. The Labute approximate surface area is 164 Å². The van der Waals surface area contributed by atoms with Crippen LogP contribution >= 0.6 is 0 Å². The van der Waals surface area contributed by atoms with Gasteiger partial charge in [-0.2, -0.15) is 5.26 Å². The van der Waals surface area contributed by atoms with Crippen LogP contribution < -0.4 is 9.64 Å². The van der Waals surface area contributed by atoms with E-state index < -0.39 is 0 Å². The van der Waals surface area contributed by atoms with Gasteiger partial charge < -0.3 is 14.2 Å². The fourth-order valence-corrected chi connectivity index (χ4v) is 3.80. The first kappa shape index (κ1) is 17.9. The highest BCUT2D eigenvalue weighted by Gasteiger charge is 2.26. The molecule has 1 aliphatic rings. The number of carbonyl (C=O) groups is 1. The van der Waals surface area contributed by atoms with Crippen molar-refractivity contribution in [1.29, 1.82) is 5.26 Å². The van der Waals surface area contributed by atoms with Crippen LogP contribution in [0.2, 0.25) is 0 Å². The molecule has 28 heavy (non-hydrogen) atoms. The second kappa shape index (κ2) is 6.90. The molecule has 5 nitrogen and oxygen atoms in total. The monoisotopic (exact) mass is 371 g/mol. The van der Waals surface area contributed by atoms with Crippen molar-refractivity contribution in [2.75, 3.05) is 11.9 Å². The third kappa shape index (κ3) is 2.93. The lowest BCUT2D eigenvalue weighted by Crippen LogP contribution is -2.31. The number of hydrogen-bond donors (Lipinski definition) is 0. The van der Waals surface area contributed by atoms with Crippen molar-refractivity contribution in [3.8, 4) is 23.3 Å². The second-order valence-electron chi connectivity index (χ2n) is 7.07. The summed E-state index contributed by atoms with van der Waals surface area (Å²) in [6.07, 6.45) is 1.15. The maximum absolute atomic E-state index is 12.3. The van der Waals surface area contributed by atoms with Gasteiger partial charge in [-0.1, -0.05) is 12.1 Å². The number of nitrogens with zero attached hydrogens (tertiary/aromatic N) is 3. The Morgan fingerprint density at radius 3 is 2.43 bits per heavy atom. The molecule has 2 aromatic carbocycles. The molecule has 1 aliphatic heterocycles. The molecule has 0 aliphatic carbocycles. The summed E-state index contributed by atoms with van der Waals surface area (Å²) in [5.41, 5.74) is 5.54. The van der Waals surface area contributed by atoms with Gasteiger partial charge in [0.15, 0.2) is 5.75 Å². The molecule has 0 N–H and O–H groups in total. The van der Waals surface area contributed by atoms with Gasteiger partial charge in [-0.3, -0.25) is 4.79 Å². The molecule has 0 atom stereocenters. The molecule has 0 bridgehead atoms. The number of ether oxygens (including phenoxy) is 1. The third-order valence-electron chi connectivity index (χ3n) is 5.21. The van der Waals surface area contributed by atoms with Crippen LogP contribution in [0, 0.1) is 25.2 Å². The zero-order valence-electron chi connectivity index (χ0n) is 16.2. The van der Waals surface area contributed by atoms with E-state index in [2.05, 4.69) is 42.7 Å². The molecule has 1 amide bonds. The summed E-state index contributed by atoms with van der Waals surface area (Å²) in [5.74, 6) is 1.13. The van der Waals surface area contributed by atoms with Gasteiger partial charge in [0, 0.05) is 36.6 Å². The van der Waals surface area contributed by atoms with Crippen LogP contribution in [0.25, 0.3) is 5.69 Å². The molecule has 0 radical (unpaired) electrons. The largest absolute Gasteiger partial charge is 0.454 e. The molecular weight excluding hydrogens is 350 g/mol. The van der Waals surface area contributed by atoms with Gasteiger partial charge in [0.25, 0.3) is 0 Å². The Bertz CT molecular complexity index is 1100. The minimum absolute atomic E-state index is 0.0620. The predicted molar refractivity (Wildman–Crippen MR) is 108 cm³/mol. The molecule has 3 aromatic rings. The molecule has 0 fully saturated rings. The van der Waals surface area contributed by atoms with Gasteiger partial charge in [0.1, 0.15) is 11.8 Å². The summed E-state index contributed by atoms with van der Waals surface area (Å²) in [4.78, 5) is 14.0. The highest BCUT2D eigenvalue weighted by atomic mass is 16.5. The maximum atomic E-state index is 12.3. The molecule has 4 rings (SSSR count). The average Bonchev–Trinajstić information content (AvgIpc) is 3.03. The number of hydrogen-bond acceptors (Lipinski definition) is 3. The van der Waals surface area contributed by atoms with Crippen LogP contribution in [0.5, 0.6) is 11.5 Å². The van der Waals surface area contributed by atoms with E-state index in [9.17, 15) is 10.1 Å². The number of nitriles is 1. The van der Waals surface area contributed by atoms with Crippen molar-refractivity contribution in [1.82, 2.24) is 4.57 Å². The first-order valence-electron chi connectivity index (χ1n) is 9.25. The van der Waals surface area contributed by atoms with E-state index in [-0.39, 0.29) is 5.91 Å². The van der Waals surface area contributed by atoms with Crippen LogP contribution in [0.15, 0.2) is 48.5 Å². The number of aromatic nitrogens is 1. The summed E-state index contributed by atoms with van der Waals surface area (Å²) >= 11 is 0. The first-order valence-corrected chi connectivity index (χ1v) is 9.25. The normalized spacial score (nSPS) is 13.2. The van der Waals surface area contributed by atoms with Gasteiger partial charge in [-0.15, -0.1) is 0 Å². The van der Waals surface area contributed by atoms with E-state index in [1.807, 2.05) is 12.1 Å². The number of para-hydroxylation sites is 1. The van der Waals surface area contributed by atoms with Crippen molar-refractivity contribution in [2.24, 2.45) is 0 Å². The topological polar surface area (TPSA) is 58.3 Å². The average molecular weight is 371 g/mol. The molecule has 0 saturated carbocycles. The van der Waals surface area contributed by atoms with Crippen molar-refractivity contribution < 1.29 is 9.53 Å². The lowest BCUT2D eigenvalue weighted by atomic mass is 9.99. The third-order valence-corrected chi connectivity index (χ3v) is 5.21. The smallest absolute Gasteiger partial charge is 0.227 e. The van der Waals surface area contributed by atoms with E-state index in [1.165, 1.54) is 0 Å². The standard InChI is InChI=1S/C23H21N3O2/c1-15-8-9-16(2)26(15)19-12-17-10-11-22(27)25(3)23(17)21(13-19)28-20-7-5-4-6-18(20)14-24/h4-9,12-13H,10-11H2,1-3H3. The molecule has 0 unspecified atom stereocenters. The van der Waals surface area contributed by atoms with E-state index in [1.54, 1.807) is 30.1 Å². The Kier molecular flexibility index (Phi) is 4.40. The molecule has 1 aromatic heterocycles. The van der Waals surface area contributed by atoms with Crippen molar-refractivity contribution in [2.45, 2.75) is 26.7 Å². The van der Waals surface area contributed by atoms with Gasteiger partial charge in [0.2, 0.25) is 5.91 Å². The number of benzene rings is 2. The van der Waals surface area contributed by atoms with Crippen molar-refractivity contribution >= 4 is 11.6 Å². The van der Waals surface area contributed by atoms with Crippen LogP contribution in [-0.2, 0) is 11.2 Å². The highest BCUT2D eigenvalue weighted by Crippen LogP contribution is 2.41. The molecule has 0 saturated heterocycles. The zero-order valence-corrected chi connectivity index (χ0v) is 16.2. The lowest BCUT2D eigenvalue weighted by Gasteiger charge is -2.29. The predicted octanol–water partition coefficient (Wildman–Crippen LogP) is 4.67. The molecule has 140 valence electrons. The number of aryl methyl sites for hydroxylation is 3. The number of anilines is 1. The summed E-state index contributed by atoms with van der Waals surface area (Å²) in [6.45, 7) is 4.13. The highest BCUT2D eigenvalue weighted by molar-refractivity contribution is 5.98. The van der Waals surface area contributed by atoms with Crippen LogP contribution in [0.1, 0.15) is 28.9 Å². The molecule has 5 heteroatoms. The molecule has 2 heterocycles. The van der Waals surface area contributed by atoms with Crippen LogP contribution in [0.4, 0.5) is 5.69 Å². The van der Waals surface area contributed by atoms with Gasteiger partial charge in [-0.25, -0.2) is 0 Å². The molecular formula is C23H21N3O2. The number of rotatable bonds is 3.